The summed E-state index contributed by atoms with van der Waals surface area (Å²) in [7, 11) is 0. The minimum absolute atomic E-state index is 0.228. The monoisotopic (exact) mass is 340 g/mol. The van der Waals surface area contributed by atoms with Crippen molar-refractivity contribution in [3.8, 4) is 0 Å². The third-order valence-corrected chi connectivity index (χ3v) is 5.30. The topological polar surface area (TPSA) is 67.2 Å². The number of aryl methyl sites for hydroxylation is 1. The van der Waals surface area contributed by atoms with E-state index < -0.39 is 0 Å². The van der Waals surface area contributed by atoms with Crippen LogP contribution in [-0.2, 0) is 17.9 Å². The number of tetrazole rings is 1. The van der Waals surface area contributed by atoms with Crippen molar-refractivity contribution in [3.05, 3.63) is 42.2 Å². The Balaban J connectivity index is 1.38. The third-order valence-electron chi connectivity index (χ3n) is 5.30. The molecule has 3 saturated heterocycles. The lowest BCUT2D eigenvalue weighted by molar-refractivity contribution is -0.135. The van der Waals surface area contributed by atoms with Gasteiger partial charge in [0.2, 0.25) is 5.91 Å². The van der Waals surface area contributed by atoms with E-state index in [0.29, 0.717) is 24.9 Å². The Morgan fingerprint density at radius 3 is 2.80 bits per heavy atom. The number of amides is 1. The molecule has 0 spiro atoms. The number of nitrogens with zero attached hydrogens (tertiary/aromatic N) is 6. The summed E-state index contributed by atoms with van der Waals surface area (Å²) in [6, 6.07) is 10.9. The summed E-state index contributed by atoms with van der Waals surface area (Å²) in [4.78, 5) is 17.4. The lowest BCUT2D eigenvalue weighted by Crippen LogP contribution is -2.47. The molecule has 2 aromatic rings. The summed E-state index contributed by atoms with van der Waals surface area (Å²) >= 11 is 0. The van der Waals surface area contributed by atoms with Crippen LogP contribution in [0.1, 0.15) is 24.8 Å². The van der Waals surface area contributed by atoms with Crippen molar-refractivity contribution in [1.82, 2.24) is 30.0 Å². The van der Waals surface area contributed by atoms with Gasteiger partial charge in [-0.05, 0) is 34.7 Å². The van der Waals surface area contributed by atoms with E-state index in [1.54, 1.807) is 11.0 Å². The van der Waals surface area contributed by atoms with Crippen LogP contribution in [0.4, 0.5) is 0 Å². The van der Waals surface area contributed by atoms with Gasteiger partial charge in [0.15, 0.2) is 0 Å². The van der Waals surface area contributed by atoms with Crippen molar-refractivity contribution in [2.24, 2.45) is 5.92 Å². The highest BCUT2D eigenvalue weighted by molar-refractivity contribution is 5.76. The van der Waals surface area contributed by atoms with Gasteiger partial charge < -0.3 is 4.90 Å². The Bertz CT molecular complexity index is 689. The standard InChI is InChI=1S/C18H24N6O/c25-18(8-9-23-14-19-20-21-23)24-12-16-6-7-17(24)13-22(11-16)10-15-4-2-1-3-5-15/h1-5,14,16-17H,6-13H2/t16-,17+/m0/s1. The molecule has 7 heteroatoms. The molecule has 3 fully saturated rings. The van der Waals surface area contributed by atoms with Crippen LogP contribution >= 0.6 is 0 Å². The molecule has 2 atom stereocenters. The lowest BCUT2D eigenvalue weighted by Gasteiger charge is -2.36. The van der Waals surface area contributed by atoms with E-state index in [2.05, 4.69) is 55.7 Å². The van der Waals surface area contributed by atoms with E-state index in [-0.39, 0.29) is 5.91 Å². The van der Waals surface area contributed by atoms with Crippen LogP contribution in [0.5, 0.6) is 0 Å². The number of hydrogen-bond acceptors (Lipinski definition) is 5. The van der Waals surface area contributed by atoms with Gasteiger partial charge in [-0.3, -0.25) is 9.69 Å². The molecule has 5 rings (SSSR count). The maximum absolute atomic E-state index is 12.7. The quantitative estimate of drug-likeness (QED) is 0.818. The maximum atomic E-state index is 12.7. The van der Waals surface area contributed by atoms with Gasteiger partial charge in [0.05, 0.1) is 6.54 Å². The van der Waals surface area contributed by atoms with Crippen molar-refractivity contribution < 1.29 is 4.79 Å². The van der Waals surface area contributed by atoms with E-state index in [0.717, 1.165) is 32.6 Å². The molecule has 4 heterocycles. The van der Waals surface area contributed by atoms with Crippen LogP contribution in [-0.4, -0.2) is 61.6 Å². The zero-order valence-corrected chi connectivity index (χ0v) is 14.4. The minimum atomic E-state index is 0.228. The fourth-order valence-corrected chi connectivity index (χ4v) is 4.09. The zero-order chi connectivity index (χ0) is 17.1. The first kappa shape index (κ1) is 16.2. The molecule has 0 unspecified atom stereocenters. The predicted octanol–water partition coefficient (Wildman–Crippen LogP) is 1.19. The summed E-state index contributed by atoms with van der Waals surface area (Å²) in [6.45, 7) is 4.47. The fraction of sp³-hybridized carbons (Fsp3) is 0.556. The Morgan fingerprint density at radius 1 is 1.12 bits per heavy atom. The number of rotatable bonds is 5. The Morgan fingerprint density at radius 2 is 2.00 bits per heavy atom. The van der Waals surface area contributed by atoms with Crippen molar-refractivity contribution in [2.45, 2.75) is 38.4 Å². The molecular weight excluding hydrogens is 316 g/mol. The second-order valence-corrected chi connectivity index (χ2v) is 7.15. The van der Waals surface area contributed by atoms with Crippen LogP contribution in [0.3, 0.4) is 0 Å². The lowest BCUT2D eigenvalue weighted by atomic mass is 9.94. The molecule has 0 saturated carbocycles. The van der Waals surface area contributed by atoms with E-state index >= 15 is 0 Å². The second-order valence-electron chi connectivity index (χ2n) is 7.15. The van der Waals surface area contributed by atoms with E-state index in [4.69, 9.17) is 0 Å². The first-order chi connectivity index (χ1) is 12.3. The third kappa shape index (κ3) is 3.87. The molecule has 3 aliphatic heterocycles. The van der Waals surface area contributed by atoms with Gasteiger partial charge in [-0.1, -0.05) is 30.3 Å². The molecule has 0 N–H and O–H groups in total. The zero-order valence-electron chi connectivity index (χ0n) is 14.4. The summed E-state index contributed by atoms with van der Waals surface area (Å²) in [6.07, 6.45) is 4.37. The number of aromatic nitrogens is 4. The van der Waals surface area contributed by atoms with Gasteiger partial charge in [-0.15, -0.1) is 5.10 Å². The Labute approximate surface area is 147 Å². The van der Waals surface area contributed by atoms with Gasteiger partial charge in [0, 0.05) is 38.6 Å². The highest BCUT2D eigenvalue weighted by Gasteiger charge is 2.36. The van der Waals surface area contributed by atoms with Crippen LogP contribution in [0.2, 0.25) is 0 Å². The van der Waals surface area contributed by atoms with Crippen LogP contribution in [0.15, 0.2) is 36.7 Å². The SMILES string of the molecule is O=C(CCn1cnnn1)N1C[C@H]2CC[C@@H]1CN(Cc1ccccc1)C2. The molecule has 7 nitrogen and oxygen atoms in total. The number of benzene rings is 1. The largest absolute Gasteiger partial charge is 0.338 e. The molecule has 2 bridgehead atoms. The summed E-state index contributed by atoms with van der Waals surface area (Å²) in [5, 5.41) is 11.1. The first-order valence-electron chi connectivity index (χ1n) is 9.04. The average molecular weight is 340 g/mol. The molecule has 1 amide bonds. The van der Waals surface area contributed by atoms with Gasteiger partial charge in [0.1, 0.15) is 6.33 Å². The van der Waals surface area contributed by atoms with Gasteiger partial charge in [-0.2, -0.15) is 0 Å². The van der Waals surface area contributed by atoms with Crippen molar-refractivity contribution in [3.63, 3.8) is 0 Å². The van der Waals surface area contributed by atoms with Gasteiger partial charge in [-0.25, -0.2) is 4.68 Å². The van der Waals surface area contributed by atoms with E-state index in [9.17, 15) is 4.79 Å². The minimum Gasteiger partial charge on any atom is -0.338 e. The fourth-order valence-electron chi connectivity index (χ4n) is 4.09. The summed E-state index contributed by atoms with van der Waals surface area (Å²) in [5.41, 5.74) is 1.35. The van der Waals surface area contributed by atoms with Crippen molar-refractivity contribution >= 4 is 5.91 Å². The number of hydrogen-bond donors (Lipinski definition) is 0. The normalized spacial score (nSPS) is 23.6. The number of carbonyl (C=O) groups is 1. The number of piperidine rings is 1. The number of fused-ring (bicyclic) bond motifs is 4. The highest BCUT2D eigenvalue weighted by atomic mass is 16.2. The smallest absolute Gasteiger partial charge is 0.224 e. The molecule has 132 valence electrons. The van der Waals surface area contributed by atoms with Gasteiger partial charge in [0.25, 0.3) is 0 Å². The first-order valence-corrected chi connectivity index (χ1v) is 9.04. The molecule has 0 aliphatic carbocycles. The van der Waals surface area contributed by atoms with Crippen LogP contribution < -0.4 is 0 Å². The molecule has 0 radical (unpaired) electrons. The number of carbonyl (C=O) groups excluding carboxylic acids is 1. The van der Waals surface area contributed by atoms with E-state index in [1.807, 2.05) is 0 Å². The molecule has 1 aromatic carbocycles. The Hall–Kier alpha value is -2.28. The van der Waals surface area contributed by atoms with Crippen LogP contribution in [0.25, 0.3) is 0 Å². The maximum Gasteiger partial charge on any atom is 0.224 e. The molecule has 3 aliphatic rings. The molecule has 25 heavy (non-hydrogen) atoms. The summed E-state index contributed by atoms with van der Waals surface area (Å²) < 4.78 is 1.62. The Kier molecular flexibility index (Phi) is 4.74. The van der Waals surface area contributed by atoms with Crippen molar-refractivity contribution in [2.75, 3.05) is 19.6 Å². The van der Waals surface area contributed by atoms with Crippen LogP contribution in [0, 0.1) is 5.92 Å². The van der Waals surface area contributed by atoms with E-state index in [1.165, 1.54) is 12.0 Å². The highest BCUT2D eigenvalue weighted by Crippen LogP contribution is 2.29. The van der Waals surface area contributed by atoms with Gasteiger partial charge >= 0.3 is 0 Å². The predicted molar refractivity (Wildman–Crippen MR) is 92.4 cm³/mol. The second kappa shape index (κ2) is 7.31. The average Bonchev–Trinajstić information content (AvgIpc) is 3.01. The molecule has 1 aromatic heterocycles. The molecular formula is C18H24N6O. The van der Waals surface area contributed by atoms with Crippen molar-refractivity contribution in [1.29, 1.82) is 0 Å². The summed E-state index contributed by atoms with van der Waals surface area (Å²) in [5.74, 6) is 0.811.